The van der Waals surface area contributed by atoms with Gasteiger partial charge in [-0.15, -0.1) is 0 Å². The highest BCUT2D eigenvalue weighted by Gasteiger charge is 2.09. The molecule has 0 aliphatic heterocycles. The van der Waals surface area contributed by atoms with Crippen LogP contribution in [-0.4, -0.2) is 11.0 Å². The molecule has 0 saturated carbocycles. The Labute approximate surface area is 118 Å². The minimum atomic E-state index is 0.447. The molecule has 20 heavy (non-hydrogen) atoms. The van der Waals surface area contributed by atoms with Crippen LogP contribution in [0.15, 0.2) is 53.2 Å². The summed E-state index contributed by atoms with van der Waals surface area (Å²) in [6.07, 6.45) is 3.74. The molecule has 3 heteroatoms. The summed E-state index contributed by atoms with van der Waals surface area (Å²) in [4.78, 5) is 4.30. The van der Waals surface area contributed by atoms with Gasteiger partial charge in [-0.2, -0.15) is 0 Å². The van der Waals surface area contributed by atoms with Gasteiger partial charge < -0.3 is 9.73 Å². The van der Waals surface area contributed by atoms with Crippen LogP contribution in [-0.2, 0) is 6.54 Å². The summed E-state index contributed by atoms with van der Waals surface area (Å²) in [7, 11) is 0. The molecule has 0 radical (unpaired) electrons. The maximum Gasteiger partial charge on any atom is 0.136 e. The van der Waals surface area contributed by atoms with Crippen LogP contribution < -0.4 is 5.32 Å². The number of pyridine rings is 1. The highest BCUT2D eigenvalue weighted by atomic mass is 16.3. The van der Waals surface area contributed by atoms with Crippen molar-refractivity contribution in [1.29, 1.82) is 0 Å². The number of benzene rings is 1. The molecule has 0 atom stereocenters. The van der Waals surface area contributed by atoms with E-state index >= 15 is 0 Å². The number of hydrogen-bond donors (Lipinski definition) is 1. The first kappa shape index (κ1) is 12.9. The quantitative estimate of drug-likeness (QED) is 0.775. The summed E-state index contributed by atoms with van der Waals surface area (Å²) in [6.45, 7) is 4.99. The monoisotopic (exact) mass is 266 g/mol. The van der Waals surface area contributed by atoms with Gasteiger partial charge in [0.25, 0.3) is 0 Å². The zero-order valence-electron chi connectivity index (χ0n) is 11.8. The van der Waals surface area contributed by atoms with Crippen molar-refractivity contribution in [2.24, 2.45) is 0 Å². The Kier molecular flexibility index (Phi) is 3.52. The molecule has 2 aromatic heterocycles. The molecule has 1 aromatic carbocycles. The molecule has 1 N–H and O–H groups in total. The molecule has 2 heterocycles. The van der Waals surface area contributed by atoms with Crippen LogP contribution in [0.25, 0.3) is 22.1 Å². The van der Waals surface area contributed by atoms with Crippen molar-refractivity contribution < 1.29 is 4.42 Å². The molecule has 0 bridgehead atoms. The zero-order valence-corrected chi connectivity index (χ0v) is 11.8. The lowest BCUT2D eigenvalue weighted by Gasteiger charge is -2.05. The van der Waals surface area contributed by atoms with Gasteiger partial charge in [0.05, 0.1) is 6.54 Å². The van der Waals surface area contributed by atoms with Crippen LogP contribution in [0.1, 0.15) is 19.6 Å². The Morgan fingerprint density at radius 3 is 2.80 bits per heavy atom. The van der Waals surface area contributed by atoms with Crippen LogP contribution in [0.5, 0.6) is 0 Å². The molecule has 3 aromatic rings. The van der Waals surface area contributed by atoms with Crippen molar-refractivity contribution in [3.63, 3.8) is 0 Å². The maximum atomic E-state index is 5.93. The van der Waals surface area contributed by atoms with Crippen LogP contribution >= 0.6 is 0 Å². The second-order valence-corrected chi connectivity index (χ2v) is 5.21. The topological polar surface area (TPSA) is 38.1 Å². The summed E-state index contributed by atoms with van der Waals surface area (Å²) in [5, 5.41) is 5.65. The lowest BCUT2D eigenvalue weighted by Crippen LogP contribution is -2.21. The van der Waals surface area contributed by atoms with E-state index in [-0.39, 0.29) is 0 Å². The standard InChI is InChI=1S/C17H18N2O/c1-12(2)19-10-14-7-8-17(20-14)16-11-18-9-13-5-3-4-6-15(13)16/h3-9,11-12,19H,10H2,1-2H3. The van der Waals surface area contributed by atoms with Crippen molar-refractivity contribution >= 4 is 10.8 Å². The summed E-state index contributed by atoms with van der Waals surface area (Å²) >= 11 is 0. The highest BCUT2D eigenvalue weighted by molar-refractivity contribution is 5.94. The SMILES string of the molecule is CC(C)NCc1ccc(-c2cncc3ccccc23)o1. The molecule has 0 aliphatic carbocycles. The predicted octanol–water partition coefficient (Wildman–Crippen LogP) is 3.99. The van der Waals surface area contributed by atoms with Crippen molar-refractivity contribution in [2.75, 3.05) is 0 Å². The van der Waals surface area contributed by atoms with Gasteiger partial charge in [0.1, 0.15) is 11.5 Å². The van der Waals surface area contributed by atoms with Gasteiger partial charge in [-0.1, -0.05) is 38.1 Å². The molecule has 0 unspecified atom stereocenters. The molecule has 3 nitrogen and oxygen atoms in total. The fourth-order valence-electron chi connectivity index (χ4n) is 2.24. The van der Waals surface area contributed by atoms with Gasteiger partial charge in [0.2, 0.25) is 0 Å². The van der Waals surface area contributed by atoms with Crippen LogP contribution in [0, 0.1) is 0 Å². The number of fused-ring (bicyclic) bond motifs is 1. The van der Waals surface area contributed by atoms with Gasteiger partial charge in [-0.3, -0.25) is 4.98 Å². The van der Waals surface area contributed by atoms with E-state index in [9.17, 15) is 0 Å². The van der Waals surface area contributed by atoms with Gasteiger partial charge in [-0.25, -0.2) is 0 Å². The third kappa shape index (κ3) is 2.58. The predicted molar refractivity (Wildman–Crippen MR) is 81.4 cm³/mol. The highest BCUT2D eigenvalue weighted by Crippen LogP contribution is 2.28. The minimum absolute atomic E-state index is 0.447. The molecule has 0 aliphatic rings. The maximum absolute atomic E-state index is 5.93. The van der Waals surface area contributed by atoms with Crippen LogP contribution in [0.2, 0.25) is 0 Å². The molecule has 0 saturated heterocycles. The lowest BCUT2D eigenvalue weighted by molar-refractivity contribution is 0.473. The molecule has 3 rings (SSSR count). The summed E-state index contributed by atoms with van der Waals surface area (Å²) in [5.41, 5.74) is 1.04. The zero-order chi connectivity index (χ0) is 13.9. The first-order chi connectivity index (χ1) is 9.74. The average Bonchev–Trinajstić information content (AvgIpc) is 2.93. The van der Waals surface area contributed by atoms with Gasteiger partial charge in [-0.05, 0) is 17.5 Å². The molecule has 0 fully saturated rings. The number of hydrogen-bond acceptors (Lipinski definition) is 3. The summed E-state index contributed by atoms with van der Waals surface area (Å²) < 4.78 is 5.93. The smallest absolute Gasteiger partial charge is 0.136 e. The van der Waals surface area contributed by atoms with E-state index in [0.717, 1.165) is 29.0 Å². The van der Waals surface area contributed by atoms with Crippen molar-refractivity contribution in [1.82, 2.24) is 10.3 Å². The third-order valence-electron chi connectivity index (χ3n) is 3.28. The average molecular weight is 266 g/mol. The van der Waals surface area contributed by atoms with Gasteiger partial charge in [0, 0.05) is 29.4 Å². The Morgan fingerprint density at radius 2 is 1.95 bits per heavy atom. The Bertz CT molecular complexity index is 710. The van der Waals surface area contributed by atoms with Crippen LogP contribution in [0.3, 0.4) is 0 Å². The van der Waals surface area contributed by atoms with E-state index in [4.69, 9.17) is 4.42 Å². The van der Waals surface area contributed by atoms with Crippen molar-refractivity contribution in [3.05, 3.63) is 54.6 Å². The number of furan rings is 1. The lowest BCUT2D eigenvalue weighted by atomic mass is 10.1. The number of nitrogens with one attached hydrogen (secondary N) is 1. The third-order valence-corrected chi connectivity index (χ3v) is 3.28. The van der Waals surface area contributed by atoms with E-state index in [1.165, 1.54) is 5.39 Å². The molecule has 0 spiro atoms. The van der Waals surface area contributed by atoms with Crippen LogP contribution in [0.4, 0.5) is 0 Å². The van der Waals surface area contributed by atoms with Crippen molar-refractivity contribution in [3.8, 4) is 11.3 Å². The Balaban J connectivity index is 1.95. The summed E-state index contributed by atoms with van der Waals surface area (Å²) in [6, 6.07) is 12.7. The van der Waals surface area contributed by atoms with E-state index in [1.807, 2.05) is 36.7 Å². The Hall–Kier alpha value is -2.13. The van der Waals surface area contributed by atoms with E-state index < -0.39 is 0 Å². The fourth-order valence-corrected chi connectivity index (χ4v) is 2.24. The molecule has 102 valence electrons. The second-order valence-electron chi connectivity index (χ2n) is 5.21. The molecular formula is C17H18N2O. The normalized spacial score (nSPS) is 11.3. The number of aromatic nitrogens is 1. The second kappa shape index (κ2) is 5.47. The molecule has 0 amide bonds. The minimum Gasteiger partial charge on any atom is -0.460 e. The van der Waals surface area contributed by atoms with Gasteiger partial charge in [0.15, 0.2) is 0 Å². The molecular weight excluding hydrogens is 248 g/mol. The Morgan fingerprint density at radius 1 is 1.10 bits per heavy atom. The first-order valence-electron chi connectivity index (χ1n) is 6.89. The van der Waals surface area contributed by atoms with E-state index in [1.54, 1.807) is 0 Å². The summed E-state index contributed by atoms with van der Waals surface area (Å²) in [5.74, 6) is 1.82. The number of rotatable bonds is 4. The van der Waals surface area contributed by atoms with E-state index in [2.05, 4.69) is 36.3 Å². The van der Waals surface area contributed by atoms with E-state index in [0.29, 0.717) is 6.04 Å². The number of nitrogens with zero attached hydrogens (tertiary/aromatic N) is 1. The fraction of sp³-hybridized carbons (Fsp3) is 0.235. The van der Waals surface area contributed by atoms with Gasteiger partial charge >= 0.3 is 0 Å². The largest absolute Gasteiger partial charge is 0.460 e. The van der Waals surface area contributed by atoms with Crippen molar-refractivity contribution in [2.45, 2.75) is 26.4 Å². The first-order valence-corrected chi connectivity index (χ1v) is 6.89.